The summed E-state index contributed by atoms with van der Waals surface area (Å²) in [6, 6.07) is 6.12. The molecule has 0 amide bonds. The van der Waals surface area contributed by atoms with E-state index in [9.17, 15) is 4.39 Å². The van der Waals surface area contributed by atoms with E-state index in [-0.39, 0.29) is 5.82 Å². The Bertz CT molecular complexity index is 398. The molecule has 0 fully saturated rings. The first-order valence-electron chi connectivity index (χ1n) is 5.04. The van der Waals surface area contributed by atoms with Gasteiger partial charge in [0.2, 0.25) is 0 Å². The minimum Gasteiger partial charge on any atom is -0.383 e. The molecule has 4 nitrogen and oxygen atoms in total. The van der Waals surface area contributed by atoms with E-state index in [0.717, 1.165) is 0 Å². The van der Waals surface area contributed by atoms with Gasteiger partial charge in [-0.05, 0) is 29.9 Å². The summed E-state index contributed by atoms with van der Waals surface area (Å²) in [4.78, 5) is 0. The number of hydrogen-bond donors (Lipinski definition) is 2. The lowest BCUT2D eigenvalue weighted by Crippen LogP contribution is -2.34. The summed E-state index contributed by atoms with van der Waals surface area (Å²) in [6.07, 6.45) is 1.49. The number of nitrogens with one attached hydrogen (secondary N) is 2. The van der Waals surface area contributed by atoms with Gasteiger partial charge in [-0.15, -0.1) is 0 Å². The van der Waals surface area contributed by atoms with Crippen molar-refractivity contribution in [2.24, 2.45) is 5.10 Å². The van der Waals surface area contributed by atoms with Crippen LogP contribution in [0.15, 0.2) is 29.4 Å². The molecule has 6 heteroatoms. The minimum absolute atomic E-state index is 0.297. The van der Waals surface area contributed by atoms with Gasteiger partial charge in [0.25, 0.3) is 0 Å². The van der Waals surface area contributed by atoms with E-state index in [0.29, 0.717) is 23.8 Å². The van der Waals surface area contributed by atoms with Crippen molar-refractivity contribution < 1.29 is 9.13 Å². The Morgan fingerprint density at radius 3 is 3.12 bits per heavy atom. The topological polar surface area (TPSA) is 45.6 Å². The highest BCUT2D eigenvalue weighted by Gasteiger charge is 1.92. The maximum Gasteiger partial charge on any atom is 0.187 e. The van der Waals surface area contributed by atoms with Crippen LogP contribution in [0.2, 0.25) is 0 Å². The Morgan fingerprint density at radius 1 is 1.59 bits per heavy atom. The zero-order valence-corrected chi connectivity index (χ0v) is 10.3. The van der Waals surface area contributed by atoms with Gasteiger partial charge in [-0.3, -0.25) is 5.43 Å². The summed E-state index contributed by atoms with van der Waals surface area (Å²) in [5.74, 6) is -0.297. The van der Waals surface area contributed by atoms with E-state index in [1.54, 1.807) is 19.2 Å². The van der Waals surface area contributed by atoms with Crippen LogP contribution in [0.5, 0.6) is 0 Å². The summed E-state index contributed by atoms with van der Waals surface area (Å²) < 4.78 is 17.7. The van der Waals surface area contributed by atoms with Crippen LogP contribution in [0.1, 0.15) is 5.56 Å². The maximum absolute atomic E-state index is 12.8. The largest absolute Gasteiger partial charge is 0.383 e. The summed E-state index contributed by atoms with van der Waals surface area (Å²) in [7, 11) is 1.61. The molecule has 0 radical (unpaired) electrons. The van der Waals surface area contributed by atoms with Crippen LogP contribution in [0, 0.1) is 5.82 Å². The van der Waals surface area contributed by atoms with Gasteiger partial charge in [0.05, 0.1) is 12.8 Å². The van der Waals surface area contributed by atoms with Gasteiger partial charge in [-0.25, -0.2) is 4.39 Å². The fraction of sp³-hybridized carbons (Fsp3) is 0.273. The average molecular weight is 255 g/mol. The molecular formula is C11H14FN3OS. The smallest absolute Gasteiger partial charge is 0.187 e. The van der Waals surface area contributed by atoms with E-state index >= 15 is 0 Å². The molecule has 0 spiro atoms. The van der Waals surface area contributed by atoms with Crippen molar-refractivity contribution in [1.82, 2.24) is 10.7 Å². The molecule has 0 heterocycles. The van der Waals surface area contributed by atoms with Crippen LogP contribution in [-0.2, 0) is 4.74 Å². The summed E-state index contributed by atoms with van der Waals surface area (Å²) in [5.41, 5.74) is 3.29. The quantitative estimate of drug-likeness (QED) is 0.360. The van der Waals surface area contributed by atoms with Gasteiger partial charge in [0.15, 0.2) is 5.11 Å². The molecule has 0 aliphatic heterocycles. The highest BCUT2D eigenvalue weighted by molar-refractivity contribution is 7.80. The molecule has 0 atom stereocenters. The normalized spacial score (nSPS) is 10.5. The van der Waals surface area contributed by atoms with Gasteiger partial charge in [0, 0.05) is 13.7 Å². The first-order chi connectivity index (χ1) is 8.22. The zero-order chi connectivity index (χ0) is 12.5. The molecule has 0 saturated heterocycles. The number of halogens is 1. The van der Waals surface area contributed by atoms with Crippen molar-refractivity contribution in [3.63, 3.8) is 0 Å². The number of ether oxygens (including phenoxy) is 1. The van der Waals surface area contributed by atoms with Gasteiger partial charge in [0.1, 0.15) is 5.82 Å². The second kappa shape index (κ2) is 7.70. The molecule has 1 aromatic rings. The number of thiocarbonyl (C=S) groups is 1. The first kappa shape index (κ1) is 13.5. The van der Waals surface area contributed by atoms with Crippen molar-refractivity contribution in [3.8, 4) is 0 Å². The third kappa shape index (κ3) is 5.94. The van der Waals surface area contributed by atoms with Crippen LogP contribution < -0.4 is 10.7 Å². The number of rotatable bonds is 5. The summed E-state index contributed by atoms with van der Waals surface area (Å²) in [6.45, 7) is 1.17. The van der Waals surface area contributed by atoms with Gasteiger partial charge in [-0.1, -0.05) is 12.1 Å². The fourth-order valence-electron chi connectivity index (χ4n) is 1.06. The molecule has 0 saturated carbocycles. The molecule has 0 aromatic heterocycles. The van der Waals surface area contributed by atoms with Crippen LogP contribution in [0.4, 0.5) is 4.39 Å². The molecule has 92 valence electrons. The number of hydrogen-bond acceptors (Lipinski definition) is 3. The SMILES string of the molecule is COCCNC(=S)NN=Cc1cccc(F)c1. The molecule has 1 rings (SSSR count). The number of methoxy groups -OCH3 is 1. The van der Waals surface area contributed by atoms with Crippen molar-refractivity contribution in [2.75, 3.05) is 20.3 Å². The van der Waals surface area contributed by atoms with Gasteiger partial charge >= 0.3 is 0 Å². The predicted molar refractivity (Wildman–Crippen MR) is 69.6 cm³/mol. The molecule has 0 bridgehead atoms. The van der Waals surface area contributed by atoms with E-state index < -0.39 is 0 Å². The zero-order valence-electron chi connectivity index (χ0n) is 9.44. The Hall–Kier alpha value is -1.53. The Labute approximate surface area is 105 Å². The number of nitrogens with zero attached hydrogens (tertiary/aromatic N) is 1. The Morgan fingerprint density at radius 2 is 2.41 bits per heavy atom. The molecular weight excluding hydrogens is 241 g/mol. The van der Waals surface area contributed by atoms with Crippen molar-refractivity contribution in [3.05, 3.63) is 35.6 Å². The summed E-state index contributed by atoms with van der Waals surface area (Å²) in [5, 5.41) is 7.16. The lowest BCUT2D eigenvalue weighted by molar-refractivity contribution is 0.204. The standard InChI is InChI=1S/C11H14FN3OS/c1-16-6-5-13-11(17)15-14-8-9-3-2-4-10(12)7-9/h2-4,7-8H,5-6H2,1H3,(H2,13,15,17). The third-order valence-corrected chi connectivity index (χ3v) is 2.06. The Kier molecular flexibility index (Phi) is 6.13. The minimum atomic E-state index is -0.297. The van der Waals surface area contributed by atoms with E-state index in [4.69, 9.17) is 17.0 Å². The first-order valence-corrected chi connectivity index (χ1v) is 5.44. The van der Waals surface area contributed by atoms with Crippen LogP contribution in [-0.4, -0.2) is 31.6 Å². The van der Waals surface area contributed by atoms with E-state index in [2.05, 4.69) is 15.8 Å². The van der Waals surface area contributed by atoms with E-state index in [1.165, 1.54) is 18.3 Å². The average Bonchev–Trinajstić information content (AvgIpc) is 2.29. The fourth-order valence-corrected chi connectivity index (χ4v) is 1.21. The second-order valence-corrected chi connectivity index (χ2v) is 3.58. The van der Waals surface area contributed by atoms with Gasteiger partial charge in [-0.2, -0.15) is 5.10 Å². The third-order valence-electron chi connectivity index (χ3n) is 1.82. The summed E-state index contributed by atoms with van der Waals surface area (Å²) >= 11 is 4.94. The maximum atomic E-state index is 12.8. The number of hydrazone groups is 1. The van der Waals surface area contributed by atoms with Crippen molar-refractivity contribution >= 4 is 23.5 Å². The molecule has 0 aliphatic carbocycles. The lowest BCUT2D eigenvalue weighted by Gasteiger charge is -2.05. The highest BCUT2D eigenvalue weighted by atomic mass is 32.1. The van der Waals surface area contributed by atoms with Crippen LogP contribution in [0.25, 0.3) is 0 Å². The van der Waals surface area contributed by atoms with Crippen LogP contribution in [0.3, 0.4) is 0 Å². The molecule has 17 heavy (non-hydrogen) atoms. The lowest BCUT2D eigenvalue weighted by atomic mass is 10.2. The van der Waals surface area contributed by atoms with E-state index in [1.807, 2.05) is 0 Å². The number of benzene rings is 1. The molecule has 2 N–H and O–H groups in total. The van der Waals surface area contributed by atoms with Crippen molar-refractivity contribution in [1.29, 1.82) is 0 Å². The Balaban J connectivity index is 2.32. The highest BCUT2D eigenvalue weighted by Crippen LogP contribution is 1.99. The van der Waals surface area contributed by atoms with Gasteiger partial charge < -0.3 is 10.1 Å². The predicted octanol–water partition coefficient (Wildman–Crippen LogP) is 1.27. The van der Waals surface area contributed by atoms with Crippen LogP contribution >= 0.6 is 12.2 Å². The second-order valence-electron chi connectivity index (χ2n) is 3.17. The molecule has 0 aliphatic rings. The van der Waals surface area contributed by atoms with Crippen molar-refractivity contribution in [2.45, 2.75) is 0 Å². The molecule has 1 aromatic carbocycles. The monoisotopic (exact) mass is 255 g/mol. The molecule has 0 unspecified atom stereocenters.